The van der Waals surface area contributed by atoms with Crippen molar-refractivity contribution in [1.82, 2.24) is 0 Å². The first kappa shape index (κ1) is 10.2. The molecule has 0 radical (unpaired) electrons. The third-order valence-corrected chi connectivity index (χ3v) is 2.39. The van der Waals surface area contributed by atoms with Crippen LogP contribution in [-0.2, 0) is 13.0 Å². The lowest BCUT2D eigenvalue weighted by atomic mass is 10.2. The maximum absolute atomic E-state index is 2.27. The van der Waals surface area contributed by atoms with Crippen molar-refractivity contribution in [1.29, 1.82) is 0 Å². The van der Waals surface area contributed by atoms with E-state index in [2.05, 4.69) is 42.9 Å². The van der Waals surface area contributed by atoms with Crippen molar-refractivity contribution in [3.63, 3.8) is 0 Å². The van der Waals surface area contributed by atoms with Gasteiger partial charge in [-0.05, 0) is 18.4 Å². The second-order valence-electron chi connectivity index (χ2n) is 3.50. The highest BCUT2D eigenvalue weighted by molar-refractivity contribution is 5.06. The van der Waals surface area contributed by atoms with Gasteiger partial charge in [0.1, 0.15) is 6.54 Å². The quantitative estimate of drug-likeness (QED) is 0.482. The Kier molecular flexibility index (Phi) is 4.52. The number of aromatic nitrogens is 1. The zero-order valence-electron chi connectivity index (χ0n) is 8.79. The van der Waals surface area contributed by atoms with Crippen LogP contribution in [0.3, 0.4) is 0 Å². The largest absolute Gasteiger partial charge is 0.205 e. The third-order valence-electron chi connectivity index (χ3n) is 2.39. The monoisotopic (exact) mass is 178 g/mol. The van der Waals surface area contributed by atoms with Crippen molar-refractivity contribution in [2.24, 2.45) is 0 Å². The molecule has 1 aromatic rings. The van der Waals surface area contributed by atoms with E-state index in [1.807, 2.05) is 0 Å². The topological polar surface area (TPSA) is 3.88 Å². The molecule has 72 valence electrons. The molecule has 1 heteroatoms. The van der Waals surface area contributed by atoms with Gasteiger partial charge in [-0.25, -0.2) is 4.57 Å². The third kappa shape index (κ3) is 3.58. The summed E-state index contributed by atoms with van der Waals surface area (Å²) < 4.78 is 2.27. The summed E-state index contributed by atoms with van der Waals surface area (Å²) in [6.45, 7) is 5.60. The standard InChI is InChI=1S/C12H20N/c1-3-5-6-9-13-10-7-12(4-2)8-11-13/h7-8,10-11H,3-6,9H2,1-2H3/q+1. The van der Waals surface area contributed by atoms with Crippen LogP contribution in [0.2, 0.25) is 0 Å². The smallest absolute Gasteiger partial charge is 0.169 e. The van der Waals surface area contributed by atoms with Gasteiger partial charge in [0.2, 0.25) is 0 Å². The zero-order chi connectivity index (χ0) is 9.52. The molecule has 1 heterocycles. The molecule has 0 fully saturated rings. The Hall–Kier alpha value is -0.850. The highest BCUT2D eigenvalue weighted by Gasteiger charge is 1.98. The van der Waals surface area contributed by atoms with Gasteiger partial charge in [0.15, 0.2) is 12.4 Å². The minimum atomic E-state index is 1.13. The molecule has 0 atom stereocenters. The maximum atomic E-state index is 2.27. The van der Waals surface area contributed by atoms with Gasteiger partial charge in [0.05, 0.1) is 0 Å². The Morgan fingerprint density at radius 3 is 2.31 bits per heavy atom. The fourth-order valence-electron chi connectivity index (χ4n) is 1.42. The average Bonchev–Trinajstić information content (AvgIpc) is 2.19. The van der Waals surface area contributed by atoms with E-state index in [4.69, 9.17) is 0 Å². The minimum Gasteiger partial charge on any atom is -0.205 e. The van der Waals surface area contributed by atoms with E-state index >= 15 is 0 Å². The molecule has 0 spiro atoms. The van der Waals surface area contributed by atoms with Gasteiger partial charge in [-0.2, -0.15) is 0 Å². The molecule has 1 rings (SSSR count). The lowest BCUT2D eigenvalue weighted by molar-refractivity contribution is -0.697. The summed E-state index contributed by atoms with van der Waals surface area (Å²) in [4.78, 5) is 0. The molecule has 0 unspecified atom stereocenters. The van der Waals surface area contributed by atoms with Crippen molar-refractivity contribution < 1.29 is 4.57 Å². The Labute approximate surface area is 81.4 Å². The molecule has 0 amide bonds. The van der Waals surface area contributed by atoms with Crippen LogP contribution in [0.4, 0.5) is 0 Å². The number of rotatable bonds is 5. The molecular weight excluding hydrogens is 158 g/mol. The van der Waals surface area contributed by atoms with E-state index in [1.165, 1.54) is 24.8 Å². The molecule has 13 heavy (non-hydrogen) atoms. The van der Waals surface area contributed by atoms with Gasteiger partial charge < -0.3 is 0 Å². The Balaban J connectivity index is 2.40. The molecule has 0 aliphatic carbocycles. The SMILES string of the molecule is CCCCC[n+]1ccc(CC)cc1. The van der Waals surface area contributed by atoms with Crippen molar-refractivity contribution >= 4 is 0 Å². The number of nitrogens with zero attached hydrogens (tertiary/aromatic N) is 1. The van der Waals surface area contributed by atoms with Gasteiger partial charge in [0, 0.05) is 18.6 Å². The van der Waals surface area contributed by atoms with E-state index in [1.54, 1.807) is 0 Å². The minimum absolute atomic E-state index is 1.13. The molecule has 0 N–H and O–H groups in total. The van der Waals surface area contributed by atoms with Crippen LogP contribution in [0.1, 0.15) is 38.7 Å². The Morgan fingerprint density at radius 1 is 1.08 bits per heavy atom. The average molecular weight is 178 g/mol. The normalized spacial score (nSPS) is 10.3. The second-order valence-corrected chi connectivity index (χ2v) is 3.50. The highest BCUT2D eigenvalue weighted by atomic mass is 14.9. The van der Waals surface area contributed by atoms with Crippen molar-refractivity contribution in [2.45, 2.75) is 46.1 Å². The van der Waals surface area contributed by atoms with Gasteiger partial charge in [0.25, 0.3) is 0 Å². The molecule has 0 bridgehead atoms. The van der Waals surface area contributed by atoms with Gasteiger partial charge in [-0.3, -0.25) is 0 Å². The number of aryl methyl sites for hydroxylation is 2. The van der Waals surface area contributed by atoms with Crippen molar-refractivity contribution in [3.8, 4) is 0 Å². The lowest BCUT2D eigenvalue weighted by Crippen LogP contribution is -2.32. The summed E-state index contributed by atoms with van der Waals surface area (Å²) >= 11 is 0. The van der Waals surface area contributed by atoms with Gasteiger partial charge >= 0.3 is 0 Å². The van der Waals surface area contributed by atoms with E-state index in [-0.39, 0.29) is 0 Å². The summed E-state index contributed by atoms with van der Waals surface area (Å²) in [7, 11) is 0. The van der Waals surface area contributed by atoms with E-state index in [9.17, 15) is 0 Å². The molecule has 1 aromatic heterocycles. The molecule has 0 aliphatic heterocycles. The fraction of sp³-hybridized carbons (Fsp3) is 0.583. The van der Waals surface area contributed by atoms with Crippen LogP contribution in [0.25, 0.3) is 0 Å². The summed E-state index contributed by atoms with van der Waals surface area (Å²) in [5, 5.41) is 0. The molecule has 0 aliphatic rings. The molecular formula is C12H20N+. The maximum Gasteiger partial charge on any atom is 0.169 e. The second kappa shape index (κ2) is 5.74. The van der Waals surface area contributed by atoms with E-state index in [0.717, 1.165) is 13.0 Å². The van der Waals surface area contributed by atoms with E-state index < -0.39 is 0 Å². The van der Waals surface area contributed by atoms with Crippen LogP contribution < -0.4 is 4.57 Å². The Bertz CT molecular complexity index is 225. The molecule has 0 saturated heterocycles. The van der Waals surface area contributed by atoms with Crippen LogP contribution in [0, 0.1) is 0 Å². The predicted octanol–water partition coefficient (Wildman–Crippen LogP) is 2.73. The predicted molar refractivity (Wildman–Crippen MR) is 55.5 cm³/mol. The van der Waals surface area contributed by atoms with Crippen LogP contribution >= 0.6 is 0 Å². The highest BCUT2D eigenvalue weighted by Crippen LogP contribution is 1.97. The molecule has 0 aromatic carbocycles. The summed E-state index contributed by atoms with van der Waals surface area (Å²) in [6, 6.07) is 4.43. The first-order valence-corrected chi connectivity index (χ1v) is 5.34. The number of hydrogen-bond donors (Lipinski definition) is 0. The van der Waals surface area contributed by atoms with Crippen LogP contribution in [0.15, 0.2) is 24.5 Å². The summed E-state index contributed by atoms with van der Waals surface area (Å²) in [5.74, 6) is 0. The van der Waals surface area contributed by atoms with Crippen LogP contribution in [-0.4, -0.2) is 0 Å². The van der Waals surface area contributed by atoms with E-state index in [0.29, 0.717) is 0 Å². The first-order valence-electron chi connectivity index (χ1n) is 5.34. The lowest BCUT2D eigenvalue weighted by Gasteiger charge is -1.97. The zero-order valence-corrected chi connectivity index (χ0v) is 8.79. The molecule has 1 nitrogen and oxygen atoms in total. The number of hydrogen-bond acceptors (Lipinski definition) is 0. The summed E-state index contributed by atoms with van der Waals surface area (Å²) in [5.41, 5.74) is 1.42. The van der Waals surface area contributed by atoms with Crippen molar-refractivity contribution in [3.05, 3.63) is 30.1 Å². The fourth-order valence-corrected chi connectivity index (χ4v) is 1.42. The van der Waals surface area contributed by atoms with Crippen LogP contribution in [0.5, 0.6) is 0 Å². The van der Waals surface area contributed by atoms with Gasteiger partial charge in [-0.15, -0.1) is 0 Å². The number of pyridine rings is 1. The van der Waals surface area contributed by atoms with Crippen molar-refractivity contribution in [2.75, 3.05) is 0 Å². The first-order chi connectivity index (χ1) is 6.36. The molecule has 0 saturated carbocycles. The van der Waals surface area contributed by atoms with Gasteiger partial charge in [-0.1, -0.05) is 20.3 Å². The summed E-state index contributed by atoms with van der Waals surface area (Å²) in [6.07, 6.45) is 9.45. The Morgan fingerprint density at radius 2 is 1.77 bits per heavy atom. The number of unbranched alkanes of at least 4 members (excludes halogenated alkanes) is 2.